The monoisotopic (exact) mass is 173 g/mol. The van der Waals surface area contributed by atoms with Crippen molar-refractivity contribution >= 4 is 18.4 Å². The third-order valence-electron chi connectivity index (χ3n) is 1.45. The molecule has 0 rings (SSSR count). The van der Waals surface area contributed by atoms with Crippen LogP contribution >= 0.6 is 12.6 Å². The molecule has 0 aromatic heterocycles. The number of carbonyl (C=O) groups is 1. The Morgan fingerprint density at radius 3 is 2.55 bits per heavy atom. The molecule has 11 heavy (non-hydrogen) atoms. The Morgan fingerprint density at radius 1 is 1.55 bits per heavy atom. The lowest BCUT2D eigenvalue weighted by Crippen LogP contribution is -2.05. The Hall–Kier alpha value is -0.440. The Kier molecular flexibility index (Phi) is 6.03. The lowest BCUT2D eigenvalue weighted by atomic mass is 10.1. The van der Waals surface area contributed by atoms with Crippen LogP contribution in [0.2, 0.25) is 0 Å². The van der Waals surface area contributed by atoms with Crippen LogP contribution in [0.1, 0.15) is 26.2 Å². The summed E-state index contributed by atoms with van der Waals surface area (Å²) in [7, 11) is 1.86. The lowest BCUT2D eigenvalue weighted by molar-refractivity contribution is -0.117. The fraction of sp³-hybridized carbons (Fsp3) is 0.625. The molecule has 0 heterocycles. The second-order valence-electron chi connectivity index (χ2n) is 2.46. The highest BCUT2D eigenvalue weighted by Crippen LogP contribution is 2.04. The first kappa shape index (κ1) is 10.6. The Morgan fingerprint density at radius 2 is 2.18 bits per heavy atom. The number of rotatable bonds is 5. The summed E-state index contributed by atoms with van der Waals surface area (Å²) in [6, 6.07) is 0. The zero-order chi connectivity index (χ0) is 8.69. The van der Waals surface area contributed by atoms with Crippen molar-refractivity contribution in [2.75, 3.05) is 7.05 Å². The molecule has 2 nitrogen and oxygen atoms in total. The summed E-state index contributed by atoms with van der Waals surface area (Å²) in [5, 5.41) is 4.74. The average Bonchev–Trinajstić information content (AvgIpc) is 1.98. The molecule has 0 saturated carbocycles. The second kappa shape index (κ2) is 6.28. The number of nitrogens with one attached hydrogen (secondary N) is 1. The van der Waals surface area contributed by atoms with E-state index in [1.54, 1.807) is 12.3 Å². The molecule has 0 unspecified atom stereocenters. The third-order valence-corrected chi connectivity index (χ3v) is 1.76. The fourth-order valence-corrected chi connectivity index (χ4v) is 1.04. The first-order valence-electron chi connectivity index (χ1n) is 3.71. The van der Waals surface area contributed by atoms with Crippen molar-refractivity contribution < 1.29 is 4.79 Å². The van der Waals surface area contributed by atoms with Crippen molar-refractivity contribution in [1.82, 2.24) is 5.32 Å². The minimum Gasteiger partial charge on any atom is -0.391 e. The molecule has 0 aliphatic rings. The van der Waals surface area contributed by atoms with Crippen molar-refractivity contribution in [2.24, 2.45) is 0 Å². The molecule has 0 radical (unpaired) electrons. The van der Waals surface area contributed by atoms with E-state index in [9.17, 15) is 4.79 Å². The molecule has 0 aliphatic heterocycles. The van der Waals surface area contributed by atoms with Gasteiger partial charge in [0.1, 0.15) is 5.78 Å². The predicted molar refractivity (Wildman–Crippen MR) is 50.7 cm³/mol. The summed E-state index contributed by atoms with van der Waals surface area (Å²) in [6.45, 7) is 1.61. The van der Waals surface area contributed by atoms with Crippen molar-refractivity contribution in [3.05, 3.63) is 11.1 Å². The molecule has 0 fully saturated rings. The van der Waals surface area contributed by atoms with Gasteiger partial charge in [-0.3, -0.25) is 0 Å². The van der Waals surface area contributed by atoms with Crippen LogP contribution in [-0.2, 0) is 4.79 Å². The van der Waals surface area contributed by atoms with E-state index >= 15 is 0 Å². The van der Waals surface area contributed by atoms with Gasteiger partial charge in [0.15, 0.2) is 0 Å². The zero-order valence-corrected chi connectivity index (χ0v) is 7.95. The van der Waals surface area contributed by atoms with Crippen LogP contribution in [0.3, 0.4) is 0 Å². The molecule has 0 atom stereocenters. The van der Waals surface area contributed by atoms with Gasteiger partial charge in [0.25, 0.3) is 0 Å². The molecule has 3 heteroatoms. The first-order chi connectivity index (χ1) is 5.20. The van der Waals surface area contributed by atoms with E-state index in [4.69, 9.17) is 0 Å². The summed E-state index contributed by atoms with van der Waals surface area (Å²) in [4.78, 5) is 10.5. The number of hydrogen-bond acceptors (Lipinski definition) is 3. The highest BCUT2D eigenvalue weighted by molar-refractivity contribution is 7.83. The topological polar surface area (TPSA) is 29.1 Å². The molecule has 0 amide bonds. The molecule has 0 spiro atoms. The van der Waals surface area contributed by atoms with Crippen molar-refractivity contribution in [3.63, 3.8) is 0 Å². The van der Waals surface area contributed by atoms with Gasteiger partial charge in [0.2, 0.25) is 0 Å². The molecule has 0 aliphatic carbocycles. The molecule has 0 aromatic carbocycles. The van der Waals surface area contributed by atoms with E-state index in [-0.39, 0.29) is 5.78 Å². The number of ketones is 1. The van der Waals surface area contributed by atoms with Crippen LogP contribution in [-0.4, -0.2) is 12.8 Å². The van der Waals surface area contributed by atoms with E-state index in [0.29, 0.717) is 6.42 Å². The van der Waals surface area contributed by atoms with Gasteiger partial charge in [-0.2, -0.15) is 0 Å². The number of Topliss-reactive ketones (excluding diaryl/α,β-unsaturated/α-hetero) is 1. The number of thiol groups is 1. The van der Waals surface area contributed by atoms with Gasteiger partial charge in [-0.1, -0.05) is 0 Å². The van der Waals surface area contributed by atoms with E-state index in [1.165, 1.54) is 0 Å². The average molecular weight is 173 g/mol. The van der Waals surface area contributed by atoms with Gasteiger partial charge in [0.05, 0.1) is 0 Å². The standard InChI is InChI=1S/C8H15NOS/c1-7(10)4-3-5-8(6-11)9-2/h6,9,11H,3-5H2,1-2H3/b8-6-. The SMILES string of the molecule is CN/C(=C\S)CCCC(C)=O. The molecule has 1 N–H and O–H groups in total. The Balaban J connectivity index is 3.45. The van der Waals surface area contributed by atoms with Gasteiger partial charge in [-0.25, -0.2) is 0 Å². The summed E-state index contributed by atoms with van der Waals surface area (Å²) >= 11 is 4.01. The maximum absolute atomic E-state index is 10.5. The zero-order valence-electron chi connectivity index (χ0n) is 7.05. The second-order valence-corrected chi connectivity index (χ2v) is 2.72. The quantitative estimate of drug-likeness (QED) is 0.620. The van der Waals surface area contributed by atoms with Crippen LogP contribution in [0.5, 0.6) is 0 Å². The first-order valence-corrected chi connectivity index (χ1v) is 4.22. The van der Waals surface area contributed by atoms with E-state index in [1.807, 2.05) is 7.05 Å². The molecule has 0 saturated heterocycles. The van der Waals surface area contributed by atoms with Crippen LogP contribution in [0.25, 0.3) is 0 Å². The molecule has 0 aromatic rings. The maximum atomic E-state index is 10.5. The summed E-state index contributed by atoms with van der Waals surface area (Å²) in [5.41, 5.74) is 1.08. The summed E-state index contributed by atoms with van der Waals surface area (Å²) in [5.74, 6) is 0.250. The molecular formula is C8H15NOS. The highest BCUT2D eigenvalue weighted by atomic mass is 32.1. The van der Waals surface area contributed by atoms with Gasteiger partial charge in [-0.05, 0) is 25.2 Å². The maximum Gasteiger partial charge on any atom is 0.129 e. The van der Waals surface area contributed by atoms with E-state index in [0.717, 1.165) is 18.5 Å². The molecule has 0 bridgehead atoms. The number of carbonyl (C=O) groups excluding carboxylic acids is 1. The predicted octanol–water partition coefficient (Wildman–Crippen LogP) is 1.74. The van der Waals surface area contributed by atoms with Gasteiger partial charge >= 0.3 is 0 Å². The summed E-state index contributed by atoms with van der Waals surface area (Å²) < 4.78 is 0. The van der Waals surface area contributed by atoms with Crippen molar-refractivity contribution in [1.29, 1.82) is 0 Å². The molecular weight excluding hydrogens is 158 g/mol. The van der Waals surface area contributed by atoms with Gasteiger partial charge < -0.3 is 10.1 Å². The van der Waals surface area contributed by atoms with Crippen molar-refractivity contribution in [3.8, 4) is 0 Å². The number of allylic oxidation sites excluding steroid dienone is 1. The van der Waals surface area contributed by atoms with Gasteiger partial charge in [0, 0.05) is 19.2 Å². The lowest BCUT2D eigenvalue weighted by Gasteiger charge is -2.03. The summed E-state index contributed by atoms with van der Waals surface area (Å²) in [6.07, 6.45) is 2.47. The Bertz CT molecular complexity index is 154. The smallest absolute Gasteiger partial charge is 0.129 e. The minimum atomic E-state index is 0.250. The van der Waals surface area contributed by atoms with Crippen LogP contribution in [0.4, 0.5) is 0 Å². The van der Waals surface area contributed by atoms with Crippen molar-refractivity contribution in [2.45, 2.75) is 26.2 Å². The largest absolute Gasteiger partial charge is 0.391 e. The Labute approximate surface area is 73.5 Å². The normalized spacial score (nSPS) is 11.4. The van der Waals surface area contributed by atoms with Crippen LogP contribution in [0, 0.1) is 0 Å². The van der Waals surface area contributed by atoms with Crippen LogP contribution in [0.15, 0.2) is 11.1 Å². The molecule has 64 valence electrons. The number of hydrogen-bond donors (Lipinski definition) is 2. The highest BCUT2D eigenvalue weighted by Gasteiger charge is 1.95. The van der Waals surface area contributed by atoms with Gasteiger partial charge in [-0.15, -0.1) is 12.6 Å². The van der Waals surface area contributed by atoms with E-state index in [2.05, 4.69) is 17.9 Å². The third kappa shape index (κ3) is 5.98. The van der Waals surface area contributed by atoms with E-state index < -0.39 is 0 Å². The fourth-order valence-electron chi connectivity index (χ4n) is 0.782. The minimum absolute atomic E-state index is 0.250. The van der Waals surface area contributed by atoms with Crippen LogP contribution < -0.4 is 5.32 Å².